The highest BCUT2D eigenvalue weighted by molar-refractivity contribution is 6.86. The zero-order chi connectivity index (χ0) is 8.15. The van der Waals surface area contributed by atoms with E-state index in [2.05, 4.69) is 4.65 Å². The lowest BCUT2D eigenvalue weighted by atomic mass is 9.72. The number of hydrogen-bond donors (Lipinski definition) is 0. The van der Waals surface area contributed by atoms with Gasteiger partial charge < -0.3 is 4.65 Å². The maximum absolute atomic E-state index is 10.9. The Labute approximate surface area is 64.0 Å². The highest BCUT2D eigenvalue weighted by atomic mass is 16.5. The van der Waals surface area contributed by atoms with Crippen molar-refractivity contribution < 1.29 is 9.45 Å². The van der Waals surface area contributed by atoms with Crippen LogP contribution in [0.25, 0.3) is 0 Å². The minimum Gasteiger partial charge on any atom is -0.550 e. The van der Waals surface area contributed by atoms with Crippen LogP contribution in [0.4, 0.5) is 0 Å². The molecule has 0 aliphatic rings. The molecule has 1 unspecified atom stereocenters. The summed E-state index contributed by atoms with van der Waals surface area (Å²) in [5, 5.41) is 0. The van der Waals surface area contributed by atoms with Crippen molar-refractivity contribution in [2.24, 2.45) is 11.8 Å². The van der Waals surface area contributed by atoms with E-state index in [1.807, 2.05) is 20.8 Å². The van der Waals surface area contributed by atoms with Crippen molar-refractivity contribution in [3.05, 3.63) is 0 Å². The van der Waals surface area contributed by atoms with Gasteiger partial charge in [-0.3, -0.25) is 4.79 Å². The van der Waals surface area contributed by atoms with Gasteiger partial charge in [0.05, 0.1) is 13.7 Å². The Morgan fingerprint density at radius 2 is 2.00 bits per heavy atom. The van der Waals surface area contributed by atoms with Crippen LogP contribution >= 0.6 is 0 Å². The molecule has 2 nitrogen and oxygen atoms in total. The van der Waals surface area contributed by atoms with Crippen LogP contribution < -0.4 is 0 Å². The van der Waals surface area contributed by atoms with E-state index in [1.165, 1.54) is 0 Å². The molecule has 0 spiro atoms. The molecule has 53 valence electrons. The maximum atomic E-state index is 10.9. The first-order valence-electron chi connectivity index (χ1n) is 3.33. The molecule has 0 heterocycles. The summed E-state index contributed by atoms with van der Waals surface area (Å²) in [6.07, 6.45) is 0. The third-order valence-electron chi connectivity index (χ3n) is 1.56. The van der Waals surface area contributed by atoms with E-state index in [0.717, 1.165) is 7.37 Å². The van der Waals surface area contributed by atoms with Crippen LogP contribution in [0.2, 0.25) is 0 Å². The molecule has 0 saturated carbocycles. The summed E-state index contributed by atoms with van der Waals surface area (Å²) >= 11 is 0. The first-order chi connectivity index (χ1) is 4.59. The van der Waals surface area contributed by atoms with Crippen LogP contribution in [-0.4, -0.2) is 21.1 Å². The molecule has 0 N–H and O–H groups in total. The lowest BCUT2D eigenvalue weighted by Crippen LogP contribution is -2.21. The number of carbonyl (C=O) groups excluding carboxylic acids is 1. The van der Waals surface area contributed by atoms with E-state index in [4.69, 9.17) is 7.74 Å². The van der Waals surface area contributed by atoms with Gasteiger partial charge in [-0.1, -0.05) is 20.8 Å². The standard InChI is InChI=1S/C6H11B2O2/c1-4(2)5(3)6(9)10-8-7/h4-5H,1-3H3. The summed E-state index contributed by atoms with van der Waals surface area (Å²) in [6.45, 7) is 5.74. The second kappa shape index (κ2) is 4.42. The fraction of sp³-hybridized carbons (Fsp3) is 0.833. The molecule has 0 aromatic carbocycles. The van der Waals surface area contributed by atoms with Crippen LogP contribution in [0.1, 0.15) is 20.8 Å². The van der Waals surface area contributed by atoms with Gasteiger partial charge in [-0.2, -0.15) is 0 Å². The van der Waals surface area contributed by atoms with E-state index in [9.17, 15) is 4.79 Å². The van der Waals surface area contributed by atoms with Crippen molar-refractivity contribution in [1.82, 2.24) is 0 Å². The molecule has 0 bridgehead atoms. The zero-order valence-corrected chi connectivity index (χ0v) is 6.63. The summed E-state index contributed by atoms with van der Waals surface area (Å²) in [6, 6.07) is 0. The summed E-state index contributed by atoms with van der Waals surface area (Å²) in [5.41, 5.74) is 0. The fourth-order valence-electron chi connectivity index (χ4n) is 0.447. The van der Waals surface area contributed by atoms with E-state index in [-0.39, 0.29) is 11.9 Å². The lowest BCUT2D eigenvalue weighted by Gasteiger charge is -2.13. The SMILES string of the molecule is [B][B]OC(=O)C(C)C(C)C. The van der Waals surface area contributed by atoms with Crippen molar-refractivity contribution in [1.29, 1.82) is 0 Å². The fourth-order valence-corrected chi connectivity index (χ4v) is 0.447. The van der Waals surface area contributed by atoms with Crippen LogP contribution in [-0.2, 0) is 9.45 Å². The van der Waals surface area contributed by atoms with Crippen molar-refractivity contribution in [2.75, 3.05) is 0 Å². The predicted octanol–water partition coefficient (Wildman–Crippen LogP) is 0.524. The second-order valence-electron chi connectivity index (χ2n) is 2.61. The average Bonchev–Trinajstić information content (AvgIpc) is 1.87. The smallest absolute Gasteiger partial charge is 0.306 e. The predicted molar refractivity (Wildman–Crippen MR) is 41.6 cm³/mol. The van der Waals surface area contributed by atoms with Gasteiger partial charge in [-0.25, -0.2) is 0 Å². The molecule has 0 aliphatic carbocycles. The molecule has 1 atom stereocenters. The van der Waals surface area contributed by atoms with Crippen molar-refractivity contribution in [3.63, 3.8) is 0 Å². The largest absolute Gasteiger partial charge is 0.550 e. The number of rotatable bonds is 3. The molecule has 10 heavy (non-hydrogen) atoms. The molecule has 0 amide bonds. The Morgan fingerprint density at radius 3 is 2.30 bits per heavy atom. The van der Waals surface area contributed by atoms with E-state index < -0.39 is 0 Å². The first kappa shape index (κ1) is 9.60. The molecule has 0 fully saturated rings. The van der Waals surface area contributed by atoms with E-state index >= 15 is 0 Å². The molecule has 0 aromatic heterocycles. The van der Waals surface area contributed by atoms with E-state index in [1.54, 1.807) is 0 Å². The molecule has 4 heteroatoms. The lowest BCUT2D eigenvalue weighted by molar-refractivity contribution is -0.139. The Balaban J connectivity index is 3.71. The molecular weight excluding hydrogens is 126 g/mol. The zero-order valence-electron chi connectivity index (χ0n) is 6.63. The van der Waals surface area contributed by atoms with E-state index in [0.29, 0.717) is 5.92 Å². The van der Waals surface area contributed by atoms with Crippen LogP contribution in [0, 0.1) is 11.8 Å². The van der Waals surface area contributed by atoms with Crippen molar-refractivity contribution in [2.45, 2.75) is 20.8 Å². The number of carbonyl (C=O) groups is 1. The minimum atomic E-state index is -0.266. The third-order valence-corrected chi connectivity index (χ3v) is 1.56. The molecule has 0 aromatic rings. The van der Waals surface area contributed by atoms with Gasteiger partial charge in [-0.05, 0) is 5.92 Å². The molecular formula is C6H11B2O2. The molecule has 0 rings (SSSR count). The van der Waals surface area contributed by atoms with Gasteiger partial charge in [0.15, 0.2) is 0 Å². The average molecular weight is 137 g/mol. The summed E-state index contributed by atoms with van der Waals surface area (Å²) < 4.78 is 4.48. The normalized spacial score (nSPS) is 12.8. The highest BCUT2D eigenvalue weighted by Gasteiger charge is 2.16. The van der Waals surface area contributed by atoms with Gasteiger partial charge >= 0.3 is 7.37 Å². The van der Waals surface area contributed by atoms with Gasteiger partial charge in [0.25, 0.3) is 5.97 Å². The molecule has 0 aliphatic heterocycles. The third kappa shape index (κ3) is 2.95. The monoisotopic (exact) mass is 137 g/mol. The quantitative estimate of drug-likeness (QED) is 0.530. The first-order valence-corrected chi connectivity index (χ1v) is 3.33. The summed E-state index contributed by atoms with van der Waals surface area (Å²) in [4.78, 5) is 10.9. The van der Waals surface area contributed by atoms with Gasteiger partial charge in [-0.15, -0.1) is 0 Å². The second-order valence-corrected chi connectivity index (χ2v) is 2.61. The highest BCUT2D eigenvalue weighted by Crippen LogP contribution is 2.10. The maximum Gasteiger partial charge on any atom is 0.306 e. The van der Waals surface area contributed by atoms with Crippen LogP contribution in [0.5, 0.6) is 0 Å². The summed E-state index contributed by atoms with van der Waals surface area (Å²) in [7, 11) is 5.82. The topological polar surface area (TPSA) is 26.3 Å². The minimum absolute atomic E-state index is 0.0835. The molecule has 3 radical (unpaired) electrons. The Bertz CT molecular complexity index is 114. The Hall–Kier alpha value is -0.400. The number of hydrogen-bond acceptors (Lipinski definition) is 2. The van der Waals surface area contributed by atoms with Crippen molar-refractivity contribution >= 4 is 21.1 Å². The summed E-state index contributed by atoms with van der Waals surface area (Å²) in [5.74, 6) is -0.0512. The Kier molecular flexibility index (Phi) is 4.24. The van der Waals surface area contributed by atoms with Gasteiger partial charge in [0, 0.05) is 0 Å². The van der Waals surface area contributed by atoms with Crippen molar-refractivity contribution in [3.8, 4) is 0 Å². The van der Waals surface area contributed by atoms with Crippen LogP contribution in [0.3, 0.4) is 0 Å². The van der Waals surface area contributed by atoms with Gasteiger partial charge in [0.1, 0.15) is 0 Å². The molecule has 0 saturated heterocycles. The Morgan fingerprint density at radius 1 is 1.50 bits per heavy atom. The van der Waals surface area contributed by atoms with Crippen LogP contribution in [0.15, 0.2) is 0 Å². The van der Waals surface area contributed by atoms with Gasteiger partial charge in [0.2, 0.25) is 0 Å².